The van der Waals surface area contributed by atoms with Gasteiger partial charge in [0.25, 0.3) is 0 Å². The molecule has 0 atom stereocenters. The predicted molar refractivity (Wildman–Crippen MR) is 59.4 cm³/mol. The van der Waals surface area contributed by atoms with Gasteiger partial charge in [0.1, 0.15) is 0 Å². The Kier molecular flexibility index (Phi) is 3.07. The van der Waals surface area contributed by atoms with Gasteiger partial charge in [-0.1, -0.05) is 5.57 Å². The van der Waals surface area contributed by atoms with Gasteiger partial charge in [0.2, 0.25) is 0 Å². The van der Waals surface area contributed by atoms with E-state index in [2.05, 4.69) is 0 Å². The highest BCUT2D eigenvalue weighted by Crippen LogP contribution is 2.13. The Hall–Kier alpha value is -1.57. The van der Waals surface area contributed by atoms with E-state index in [1.54, 1.807) is 18.2 Å². The second kappa shape index (κ2) is 4.09. The molecule has 0 aliphatic heterocycles. The molecule has 0 heterocycles. The summed E-state index contributed by atoms with van der Waals surface area (Å²) in [4.78, 5) is 11.6. The van der Waals surface area contributed by atoms with Gasteiger partial charge in [-0.3, -0.25) is 4.79 Å². The maximum Gasteiger partial charge on any atom is 0.185 e. The monoisotopic (exact) mass is 189 g/mol. The SMILES string of the molecule is CC(C)=CC(=O)c1ccc(N)c(C)c1. The number of nitrogens with two attached hydrogens (primary N) is 1. The number of hydrogen-bond donors (Lipinski definition) is 1. The number of carbonyl (C=O) groups is 1. The Balaban J connectivity index is 3.03. The average Bonchev–Trinajstić information content (AvgIpc) is 2.08. The van der Waals surface area contributed by atoms with Gasteiger partial charge in [-0.15, -0.1) is 0 Å². The third kappa shape index (κ3) is 2.46. The summed E-state index contributed by atoms with van der Waals surface area (Å²) in [7, 11) is 0. The maximum absolute atomic E-state index is 11.6. The van der Waals surface area contributed by atoms with Crippen molar-refractivity contribution in [3.8, 4) is 0 Å². The lowest BCUT2D eigenvalue weighted by molar-refractivity contribution is 0.104. The average molecular weight is 189 g/mol. The van der Waals surface area contributed by atoms with Crippen LogP contribution in [0.5, 0.6) is 0 Å². The molecule has 0 bridgehead atoms. The minimum absolute atomic E-state index is 0.0353. The summed E-state index contributed by atoms with van der Waals surface area (Å²) in [6.07, 6.45) is 1.63. The van der Waals surface area contributed by atoms with Crippen LogP contribution in [-0.2, 0) is 0 Å². The molecule has 2 N–H and O–H groups in total. The summed E-state index contributed by atoms with van der Waals surface area (Å²) in [6.45, 7) is 5.71. The lowest BCUT2D eigenvalue weighted by atomic mass is 10.1. The molecule has 0 saturated carbocycles. The quantitative estimate of drug-likeness (QED) is 0.441. The van der Waals surface area contributed by atoms with Crippen LogP contribution >= 0.6 is 0 Å². The van der Waals surface area contributed by atoms with E-state index in [4.69, 9.17) is 5.73 Å². The highest BCUT2D eigenvalue weighted by Gasteiger charge is 2.03. The third-order valence-corrected chi connectivity index (χ3v) is 1.97. The van der Waals surface area contributed by atoms with Crippen molar-refractivity contribution in [3.05, 3.63) is 41.0 Å². The number of aryl methyl sites for hydroxylation is 1. The lowest BCUT2D eigenvalue weighted by Gasteiger charge is -2.02. The molecule has 14 heavy (non-hydrogen) atoms. The van der Waals surface area contributed by atoms with Crippen LogP contribution in [0.15, 0.2) is 29.8 Å². The number of hydrogen-bond acceptors (Lipinski definition) is 2. The molecule has 0 aromatic heterocycles. The van der Waals surface area contributed by atoms with Crippen LogP contribution in [0.4, 0.5) is 5.69 Å². The molecular formula is C12H15NO. The molecule has 1 rings (SSSR count). The second-order valence-corrected chi connectivity index (χ2v) is 3.66. The summed E-state index contributed by atoms with van der Waals surface area (Å²) in [6, 6.07) is 5.34. The summed E-state index contributed by atoms with van der Waals surface area (Å²) in [5.74, 6) is 0.0353. The Morgan fingerprint density at radius 1 is 1.36 bits per heavy atom. The first kappa shape index (κ1) is 10.5. The molecule has 0 radical (unpaired) electrons. The first-order valence-corrected chi connectivity index (χ1v) is 4.56. The molecule has 0 spiro atoms. The van der Waals surface area contributed by atoms with Crippen molar-refractivity contribution in [1.82, 2.24) is 0 Å². The number of allylic oxidation sites excluding steroid dienone is 2. The minimum Gasteiger partial charge on any atom is -0.399 e. The van der Waals surface area contributed by atoms with Gasteiger partial charge in [-0.25, -0.2) is 0 Å². The molecule has 1 aromatic rings. The molecule has 2 heteroatoms. The molecular weight excluding hydrogens is 174 g/mol. The molecule has 0 aliphatic carbocycles. The minimum atomic E-state index is 0.0353. The summed E-state index contributed by atoms with van der Waals surface area (Å²) in [5, 5.41) is 0. The molecule has 0 unspecified atom stereocenters. The summed E-state index contributed by atoms with van der Waals surface area (Å²) < 4.78 is 0. The van der Waals surface area contributed by atoms with E-state index in [0.717, 1.165) is 16.8 Å². The van der Waals surface area contributed by atoms with Crippen LogP contribution < -0.4 is 5.73 Å². The van der Waals surface area contributed by atoms with Crippen molar-refractivity contribution in [2.24, 2.45) is 0 Å². The van der Waals surface area contributed by atoms with E-state index in [9.17, 15) is 4.79 Å². The Morgan fingerprint density at radius 2 is 2.00 bits per heavy atom. The smallest absolute Gasteiger partial charge is 0.185 e. The fourth-order valence-electron chi connectivity index (χ4n) is 1.17. The van der Waals surface area contributed by atoms with Crippen molar-refractivity contribution in [3.63, 3.8) is 0 Å². The highest BCUT2D eigenvalue weighted by molar-refractivity contribution is 6.05. The predicted octanol–water partition coefficient (Wildman–Crippen LogP) is 2.73. The molecule has 0 saturated heterocycles. The van der Waals surface area contributed by atoms with Gasteiger partial charge in [0.15, 0.2) is 5.78 Å². The van der Waals surface area contributed by atoms with E-state index >= 15 is 0 Å². The zero-order chi connectivity index (χ0) is 10.7. The number of carbonyl (C=O) groups excluding carboxylic acids is 1. The van der Waals surface area contributed by atoms with Crippen molar-refractivity contribution >= 4 is 11.5 Å². The fraction of sp³-hybridized carbons (Fsp3) is 0.250. The van der Waals surface area contributed by atoms with Crippen LogP contribution in [-0.4, -0.2) is 5.78 Å². The zero-order valence-corrected chi connectivity index (χ0v) is 8.79. The summed E-state index contributed by atoms with van der Waals surface area (Å²) >= 11 is 0. The Labute approximate surface area is 84.4 Å². The van der Waals surface area contributed by atoms with E-state index in [1.807, 2.05) is 26.8 Å². The third-order valence-electron chi connectivity index (χ3n) is 1.97. The van der Waals surface area contributed by atoms with Crippen LogP contribution in [0, 0.1) is 6.92 Å². The number of anilines is 1. The molecule has 0 aliphatic rings. The zero-order valence-electron chi connectivity index (χ0n) is 8.79. The van der Waals surface area contributed by atoms with Crippen LogP contribution in [0.2, 0.25) is 0 Å². The van der Waals surface area contributed by atoms with Crippen molar-refractivity contribution in [2.75, 3.05) is 5.73 Å². The maximum atomic E-state index is 11.6. The largest absolute Gasteiger partial charge is 0.399 e. The molecule has 0 fully saturated rings. The van der Waals surface area contributed by atoms with Crippen LogP contribution in [0.3, 0.4) is 0 Å². The van der Waals surface area contributed by atoms with E-state index in [-0.39, 0.29) is 5.78 Å². The van der Waals surface area contributed by atoms with Crippen molar-refractivity contribution in [2.45, 2.75) is 20.8 Å². The Bertz CT molecular complexity index is 387. The lowest BCUT2D eigenvalue weighted by Crippen LogP contribution is -1.98. The topological polar surface area (TPSA) is 43.1 Å². The normalized spacial score (nSPS) is 9.64. The van der Waals surface area contributed by atoms with Crippen molar-refractivity contribution in [1.29, 1.82) is 0 Å². The first-order chi connectivity index (χ1) is 6.50. The molecule has 1 aromatic carbocycles. The Morgan fingerprint density at radius 3 is 2.50 bits per heavy atom. The van der Waals surface area contributed by atoms with Crippen LogP contribution in [0.25, 0.3) is 0 Å². The van der Waals surface area contributed by atoms with Gasteiger partial charge < -0.3 is 5.73 Å². The number of nitrogen functional groups attached to an aromatic ring is 1. The van der Waals surface area contributed by atoms with Gasteiger partial charge in [0.05, 0.1) is 0 Å². The van der Waals surface area contributed by atoms with Crippen molar-refractivity contribution < 1.29 is 4.79 Å². The van der Waals surface area contributed by atoms with E-state index in [1.165, 1.54) is 0 Å². The fourth-order valence-corrected chi connectivity index (χ4v) is 1.17. The number of ketones is 1. The van der Waals surface area contributed by atoms with E-state index < -0.39 is 0 Å². The molecule has 0 amide bonds. The molecule has 2 nitrogen and oxygen atoms in total. The van der Waals surface area contributed by atoms with Gasteiger partial charge in [0, 0.05) is 11.3 Å². The standard InChI is InChI=1S/C12H15NO/c1-8(2)6-12(14)10-4-5-11(13)9(3)7-10/h4-7H,13H2,1-3H3. The van der Waals surface area contributed by atoms with Gasteiger partial charge in [-0.05, 0) is 50.6 Å². The number of benzene rings is 1. The first-order valence-electron chi connectivity index (χ1n) is 4.56. The summed E-state index contributed by atoms with van der Waals surface area (Å²) in [5.41, 5.74) is 9.02. The van der Waals surface area contributed by atoms with E-state index in [0.29, 0.717) is 5.56 Å². The van der Waals surface area contributed by atoms with Gasteiger partial charge in [-0.2, -0.15) is 0 Å². The number of rotatable bonds is 2. The second-order valence-electron chi connectivity index (χ2n) is 3.66. The van der Waals surface area contributed by atoms with Gasteiger partial charge >= 0.3 is 0 Å². The van der Waals surface area contributed by atoms with Crippen LogP contribution in [0.1, 0.15) is 29.8 Å². The molecule has 74 valence electrons. The highest BCUT2D eigenvalue weighted by atomic mass is 16.1.